The van der Waals surface area contributed by atoms with Crippen LogP contribution in [0.2, 0.25) is 0 Å². The van der Waals surface area contributed by atoms with Gasteiger partial charge in [-0.1, -0.05) is 0 Å². The predicted molar refractivity (Wildman–Crippen MR) is 95.1 cm³/mol. The highest BCUT2D eigenvalue weighted by molar-refractivity contribution is 5.61. The lowest BCUT2D eigenvalue weighted by Gasteiger charge is -2.10. The molecule has 0 spiro atoms. The van der Waals surface area contributed by atoms with Gasteiger partial charge in [0.15, 0.2) is 0 Å². The van der Waals surface area contributed by atoms with Crippen LogP contribution < -0.4 is 10.1 Å². The van der Waals surface area contributed by atoms with Crippen molar-refractivity contribution in [1.29, 1.82) is 0 Å². The van der Waals surface area contributed by atoms with E-state index in [2.05, 4.69) is 15.4 Å². The summed E-state index contributed by atoms with van der Waals surface area (Å²) in [6.45, 7) is 1.48. The van der Waals surface area contributed by atoms with E-state index in [1.165, 1.54) is 12.1 Å². The molecule has 142 valence electrons. The Morgan fingerprint density at radius 2 is 1.93 bits per heavy atom. The lowest BCUT2D eigenvalue weighted by molar-refractivity contribution is -0.137. The molecule has 0 fully saturated rings. The summed E-state index contributed by atoms with van der Waals surface area (Å²) in [7, 11) is 1.86. The fourth-order valence-corrected chi connectivity index (χ4v) is 2.62. The van der Waals surface area contributed by atoms with Crippen LogP contribution in [0.25, 0.3) is 11.3 Å². The number of nitrogens with zero attached hydrogens (tertiary/aromatic N) is 3. The van der Waals surface area contributed by atoms with Gasteiger partial charge in [0.05, 0.1) is 11.3 Å². The fourth-order valence-electron chi connectivity index (χ4n) is 2.62. The maximum atomic E-state index is 12.5. The number of hydrogen-bond donors (Lipinski definition) is 1. The van der Waals surface area contributed by atoms with Gasteiger partial charge in [-0.15, -0.1) is 0 Å². The number of aromatic nitrogens is 3. The van der Waals surface area contributed by atoms with E-state index in [1.54, 1.807) is 17.1 Å². The second kappa shape index (κ2) is 8.22. The van der Waals surface area contributed by atoms with Gasteiger partial charge in [0.25, 0.3) is 0 Å². The van der Waals surface area contributed by atoms with Crippen LogP contribution in [-0.2, 0) is 19.8 Å². The molecule has 5 nitrogen and oxygen atoms in total. The van der Waals surface area contributed by atoms with Crippen LogP contribution >= 0.6 is 0 Å². The van der Waals surface area contributed by atoms with E-state index < -0.39 is 11.7 Å². The summed E-state index contributed by atoms with van der Waals surface area (Å²) < 4.78 is 44.8. The van der Waals surface area contributed by atoms with Crippen molar-refractivity contribution < 1.29 is 17.9 Å². The minimum absolute atomic E-state index is 0.341. The van der Waals surface area contributed by atoms with Crippen molar-refractivity contribution in [2.24, 2.45) is 7.05 Å². The molecule has 3 rings (SSSR count). The maximum Gasteiger partial charge on any atom is 0.416 e. The lowest BCUT2D eigenvalue weighted by Crippen LogP contribution is -2.20. The SMILES string of the molecule is Cn1cc(CNCCOc2ccc(C(F)(F)F)cc2)c(-c2cccnc2)n1. The fraction of sp³-hybridized carbons (Fsp3) is 0.263. The summed E-state index contributed by atoms with van der Waals surface area (Å²) in [5, 5.41) is 7.72. The second-order valence-corrected chi connectivity index (χ2v) is 5.97. The van der Waals surface area contributed by atoms with Crippen LogP contribution in [0.15, 0.2) is 55.0 Å². The molecular formula is C19H19F3N4O. The number of benzene rings is 1. The molecule has 0 aliphatic heterocycles. The molecule has 27 heavy (non-hydrogen) atoms. The zero-order valence-electron chi connectivity index (χ0n) is 14.7. The molecule has 0 unspecified atom stereocenters. The highest BCUT2D eigenvalue weighted by Crippen LogP contribution is 2.30. The number of halogens is 3. The standard InChI is InChI=1S/C19H19F3N4O/c1-26-13-15(18(25-26)14-3-2-8-23-11-14)12-24-9-10-27-17-6-4-16(5-7-17)19(20,21)22/h2-8,11,13,24H,9-10,12H2,1H3. The van der Waals surface area contributed by atoms with Crippen LogP contribution in [-0.4, -0.2) is 27.9 Å². The smallest absolute Gasteiger partial charge is 0.416 e. The van der Waals surface area contributed by atoms with Gasteiger partial charge in [-0.3, -0.25) is 9.67 Å². The topological polar surface area (TPSA) is 52.0 Å². The van der Waals surface area contributed by atoms with Gasteiger partial charge in [-0.25, -0.2) is 0 Å². The summed E-state index contributed by atoms with van der Waals surface area (Å²) in [5.74, 6) is 0.405. The molecule has 8 heteroatoms. The molecule has 2 aromatic heterocycles. The van der Waals surface area contributed by atoms with E-state index in [0.29, 0.717) is 25.4 Å². The highest BCUT2D eigenvalue weighted by Gasteiger charge is 2.29. The number of nitrogens with one attached hydrogen (secondary N) is 1. The number of ether oxygens (including phenoxy) is 1. The lowest BCUT2D eigenvalue weighted by atomic mass is 10.1. The molecular weight excluding hydrogens is 357 g/mol. The second-order valence-electron chi connectivity index (χ2n) is 5.97. The monoisotopic (exact) mass is 376 g/mol. The zero-order valence-corrected chi connectivity index (χ0v) is 14.7. The van der Waals surface area contributed by atoms with Crippen LogP contribution in [0.4, 0.5) is 13.2 Å². The number of hydrogen-bond acceptors (Lipinski definition) is 4. The largest absolute Gasteiger partial charge is 0.492 e. The third kappa shape index (κ3) is 5.07. The molecule has 0 aliphatic rings. The van der Waals surface area contributed by atoms with Gasteiger partial charge in [0.2, 0.25) is 0 Å². The highest BCUT2D eigenvalue weighted by atomic mass is 19.4. The summed E-state index contributed by atoms with van der Waals surface area (Å²) in [4.78, 5) is 4.12. The summed E-state index contributed by atoms with van der Waals surface area (Å²) in [6, 6.07) is 8.48. The van der Waals surface area contributed by atoms with Gasteiger partial charge in [-0.05, 0) is 36.4 Å². The Kier molecular flexibility index (Phi) is 5.75. The maximum absolute atomic E-state index is 12.5. The van der Waals surface area contributed by atoms with Crippen molar-refractivity contribution in [3.05, 3.63) is 66.1 Å². The first-order chi connectivity index (χ1) is 12.9. The Morgan fingerprint density at radius 1 is 1.15 bits per heavy atom. The normalized spacial score (nSPS) is 11.6. The van der Waals surface area contributed by atoms with E-state index in [-0.39, 0.29) is 0 Å². The van der Waals surface area contributed by atoms with E-state index in [9.17, 15) is 13.2 Å². The zero-order chi connectivity index (χ0) is 19.3. The Morgan fingerprint density at radius 3 is 2.59 bits per heavy atom. The van der Waals surface area contributed by atoms with Gasteiger partial charge in [-0.2, -0.15) is 18.3 Å². The molecule has 0 amide bonds. The van der Waals surface area contributed by atoms with Crippen LogP contribution in [0.1, 0.15) is 11.1 Å². The quantitative estimate of drug-likeness (QED) is 0.640. The van der Waals surface area contributed by atoms with Crippen molar-refractivity contribution in [2.45, 2.75) is 12.7 Å². The van der Waals surface area contributed by atoms with Crippen LogP contribution in [0.3, 0.4) is 0 Å². The summed E-state index contributed by atoms with van der Waals surface area (Å²) in [5.41, 5.74) is 2.14. The van der Waals surface area contributed by atoms with Crippen molar-refractivity contribution in [3.63, 3.8) is 0 Å². The van der Waals surface area contributed by atoms with Gasteiger partial charge < -0.3 is 10.1 Å². The molecule has 1 aromatic carbocycles. The van der Waals surface area contributed by atoms with E-state index in [4.69, 9.17) is 4.74 Å². The molecule has 0 saturated carbocycles. The molecule has 0 radical (unpaired) electrons. The molecule has 0 bridgehead atoms. The van der Waals surface area contributed by atoms with Crippen LogP contribution in [0, 0.1) is 0 Å². The Bertz CT molecular complexity index is 861. The van der Waals surface area contributed by atoms with E-state index >= 15 is 0 Å². The Hall–Kier alpha value is -2.87. The molecule has 0 saturated heterocycles. The van der Waals surface area contributed by atoms with Crippen molar-refractivity contribution >= 4 is 0 Å². The first kappa shape index (κ1) is 18.9. The van der Waals surface area contributed by atoms with Crippen LogP contribution in [0.5, 0.6) is 5.75 Å². The molecule has 1 N–H and O–H groups in total. The van der Waals surface area contributed by atoms with E-state index in [1.807, 2.05) is 25.4 Å². The third-order valence-electron chi connectivity index (χ3n) is 3.88. The summed E-state index contributed by atoms with van der Waals surface area (Å²) in [6.07, 6.45) is 1.07. The Labute approximate surface area is 154 Å². The molecule has 0 aliphatic carbocycles. The summed E-state index contributed by atoms with van der Waals surface area (Å²) >= 11 is 0. The van der Waals surface area contributed by atoms with E-state index in [0.717, 1.165) is 29.0 Å². The number of rotatable bonds is 7. The number of alkyl halides is 3. The first-order valence-electron chi connectivity index (χ1n) is 8.37. The van der Waals surface area contributed by atoms with Gasteiger partial charge in [0, 0.05) is 49.9 Å². The average molecular weight is 376 g/mol. The van der Waals surface area contributed by atoms with Crippen molar-refractivity contribution in [1.82, 2.24) is 20.1 Å². The van der Waals surface area contributed by atoms with Crippen molar-refractivity contribution in [2.75, 3.05) is 13.2 Å². The average Bonchev–Trinajstić information content (AvgIpc) is 3.02. The van der Waals surface area contributed by atoms with Crippen molar-refractivity contribution in [3.8, 4) is 17.0 Å². The Balaban J connectivity index is 1.49. The first-order valence-corrected chi connectivity index (χ1v) is 8.37. The molecule has 2 heterocycles. The number of pyridine rings is 1. The minimum Gasteiger partial charge on any atom is -0.492 e. The molecule has 0 atom stereocenters. The van der Waals surface area contributed by atoms with Gasteiger partial charge >= 0.3 is 6.18 Å². The predicted octanol–water partition coefficient (Wildman–Crippen LogP) is 3.67. The number of aryl methyl sites for hydroxylation is 1. The third-order valence-corrected chi connectivity index (χ3v) is 3.88. The van der Waals surface area contributed by atoms with Gasteiger partial charge in [0.1, 0.15) is 12.4 Å². The molecule has 3 aromatic rings. The minimum atomic E-state index is -4.34.